The largest absolute Gasteiger partial charge is 0.399 e. The molecular weight excluding hydrogens is 236 g/mol. The molecule has 5 heteroatoms. The third-order valence-electron chi connectivity index (χ3n) is 2.46. The smallest absolute Gasteiger partial charge is 0.168 e. The summed E-state index contributed by atoms with van der Waals surface area (Å²) in [4.78, 5) is 0. The Bertz CT molecular complexity index is 648. The maximum absolute atomic E-state index is 5.75. The van der Waals surface area contributed by atoms with E-state index in [1.165, 1.54) is 0 Å². The third kappa shape index (κ3) is 1.94. The minimum absolute atomic E-state index is 0. The van der Waals surface area contributed by atoms with Gasteiger partial charge in [-0.1, -0.05) is 18.2 Å². The second kappa shape index (κ2) is 4.43. The SMILES string of the molecule is Cl.Nc1cccc(-c2nnc3ccccn23)c1. The van der Waals surface area contributed by atoms with Crippen molar-refractivity contribution in [2.75, 3.05) is 5.73 Å². The zero-order valence-corrected chi connectivity index (χ0v) is 9.76. The lowest BCUT2D eigenvalue weighted by atomic mass is 10.2. The van der Waals surface area contributed by atoms with Gasteiger partial charge in [-0.2, -0.15) is 0 Å². The normalized spacial score (nSPS) is 10.1. The summed E-state index contributed by atoms with van der Waals surface area (Å²) in [7, 11) is 0. The van der Waals surface area contributed by atoms with Crippen LogP contribution in [0.5, 0.6) is 0 Å². The molecule has 3 rings (SSSR count). The van der Waals surface area contributed by atoms with Gasteiger partial charge >= 0.3 is 0 Å². The lowest BCUT2D eigenvalue weighted by Crippen LogP contribution is -1.90. The van der Waals surface area contributed by atoms with E-state index in [2.05, 4.69) is 10.2 Å². The van der Waals surface area contributed by atoms with Crippen molar-refractivity contribution in [3.8, 4) is 11.4 Å². The molecule has 4 nitrogen and oxygen atoms in total. The molecule has 0 bridgehead atoms. The maximum Gasteiger partial charge on any atom is 0.168 e. The number of benzene rings is 1. The van der Waals surface area contributed by atoms with Crippen LogP contribution in [0.3, 0.4) is 0 Å². The lowest BCUT2D eigenvalue weighted by Gasteiger charge is -2.00. The lowest BCUT2D eigenvalue weighted by molar-refractivity contribution is 1.11. The van der Waals surface area contributed by atoms with E-state index in [4.69, 9.17) is 5.73 Å². The molecule has 3 aromatic rings. The van der Waals surface area contributed by atoms with Crippen LogP contribution in [0.25, 0.3) is 17.0 Å². The molecule has 0 radical (unpaired) electrons. The highest BCUT2D eigenvalue weighted by Gasteiger charge is 2.06. The van der Waals surface area contributed by atoms with Gasteiger partial charge in [0.1, 0.15) is 0 Å². The monoisotopic (exact) mass is 246 g/mol. The topological polar surface area (TPSA) is 56.2 Å². The van der Waals surface area contributed by atoms with E-state index < -0.39 is 0 Å². The number of rotatable bonds is 1. The van der Waals surface area contributed by atoms with E-state index >= 15 is 0 Å². The molecule has 17 heavy (non-hydrogen) atoms. The quantitative estimate of drug-likeness (QED) is 0.671. The summed E-state index contributed by atoms with van der Waals surface area (Å²) in [5.41, 5.74) is 8.28. The highest BCUT2D eigenvalue weighted by molar-refractivity contribution is 5.85. The van der Waals surface area contributed by atoms with Crippen LogP contribution < -0.4 is 5.73 Å². The van der Waals surface area contributed by atoms with Crippen LogP contribution in [-0.2, 0) is 0 Å². The Balaban J connectivity index is 0.00000108. The van der Waals surface area contributed by atoms with Crippen molar-refractivity contribution < 1.29 is 0 Å². The molecule has 0 aliphatic heterocycles. The van der Waals surface area contributed by atoms with E-state index in [1.807, 2.05) is 53.1 Å². The highest BCUT2D eigenvalue weighted by atomic mass is 35.5. The number of hydrogen-bond donors (Lipinski definition) is 1. The van der Waals surface area contributed by atoms with Crippen molar-refractivity contribution >= 4 is 23.7 Å². The third-order valence-corrected chi connectivity index (χ3v) is 2.46. The Morgan fingerprint density at radius 1 is 1.00 bits per heavy atom. The average molecular weight is 247 g/mol. The molecule has 0 aliphatic rings. The number of nitrogen functional groups attached to an aromatic ring is 1. The summed E-state index contributed by atoms with van der Waals surface area (Å²) in [6.45, 7) is 0. The number of aromatic nitrogens is 3. The van der Waals surface area contributed by atoms with Crippen molar-refractivity contribution in [2.45, 2.75) is 0 Å². The van der Waals surface area contributed by atoms with Gasteiger partial charge in [0.05, 0.1) is 0 Å². The number of hydrogen-bond acceptors (Lipinski definition) is 3. The van der Waals surface area contributed by atoms with Crippen molar-refractivity contribution in [2.24, 2.45) is 0 Å². The van der Waals surface area contributed by atoms with Gasteiger partial charge in [-0.3, -0.25) is 4.40 Å². The number of anilines is 1. The van der Waals surface area contributed by atoms with Crippen LogP contribution >= 0.6 is 12.4 Å². The zero-order chi connectivity index (χ0) is 11.0. The highest BCUT2D eigenvalue weighted by Crippen LogP contribution is 2.19. The Morgan fingerprint density at radius 3 is 2.71 bits per heavy atom. The molecule has 0 aliphatic carbocycles. The van der Waals surface area contributed by atoms with Crippen LogP contribution in [0.2, 0.25) is 0 Å². The Hall–Kier alpha value is -2.07. The predicted octanol–water partition coefficient (Wildman–Crippen LogP) is 2.40. The standard InChI is InChI=1S/C12H10N4.ClH/c13-10-5-3-4-9(8-10)12-15-14-11-6-1-2-7-16(11)12;/h1-8H,13H2;1H. The number of nitrogens with two attached hydrogens (primary N) is 1. The molecule has 0 amide bonds. The first kappa shape index (κ1) is 11.4. The average Bonchev–Trinajstić information content (AvgIpc) is 2.72. The molecular formula is C12H11ClN4. The van der Waals surface area contributed by atoms with Crippen LogP contribution in [-0.4, -0.2) is 14.6 Å². The fourth-order valence-corrected chi connectivity index (χ4v) is 1.72. The Labute approximate surface area is 105 Å². The predicted molar refractivity (Wildman–Crippen MR) is 70.1 cm³/mol. The van der Waals surface area contributed by atoms with Crippen molar-refractivity contribution in [1.82, 2.24) is 14.6 Å². The van der Waals surface area contributed by atoms with Gasteiger partial charge < -0.3 is 5.73 Å². The van der Waals surface area contributed by atoms with E-state index in [9.17, 15) is 0 Å². The van der Waals surface area contributed by atoms with Gasteiger partial charge in [0.15, 0.2) is 11.5 Å². The Kier molecular flexibility index (Phi) is 2.97. The maximum atomic E-state index is 5.75. The molecule has 0 atom stereocenters. The molecule has 0 spiro atoms. The van der Waals surface area contributed by atoms with Gasteiger partial charge in [-0.15, -0.1) is 22.6 Å². The zero-order valence-electron chi connectivity index (χ0n) is 8.95. The molecule has 0 saturated carbocycles. The number of nitrogens with zero attached hydrogens (tertiary/aromatic N) is 3. The van der Waals surface area contributed by atoms with Crippen LogP contribution in [0.15, 0.2) is 48.7 Å². The van der Waals surface area contributed by atoms with E-state index in [1.54, 1.807) is 0 Å². The molecule has 2 aromatic heterocycles. The van der Waals surface area contributed by atoms with E-state index in [0.29, 0.717) is 0 Å². The number of fused-ring (bicyclic) bond motifs is 1. The summed E-state index contributed by atoms with van der Waals surface area (Å²) >= 11 is 0. The minimum Gasteiger partial charge on any atom is -0.399 e. The first-order valence-corrected chi connectivity index (χ1v) is 5.00. The summed E-state index contributed by atoms with van der Waals surface area (Å²) in [6, 6.07) is 13.4. The molecule has 2 heterocycles. The van der Waals surface area contributed by atoms with Crippen molar-refractivity contribution in [3.05, 3.63) is 48.7 Å². The van der Waals surface area contributed by atoms with Gasteiger partial charge in [-0.25, -0.2) is 0 Å². The number of pyridine rings is 1. The van der Waals surface area contributed by atoms with Gasteiger partial charge in [0, 0.05) is 17.4 Å². The molecule has 0 unspecified atom stereocenters. The van der Waals surface area contributed by atoms with Gasteiger partial charge in [-0.05, 0) is 24.3 Å². The summed E-state index contributed by atoms with van der Waals surface area (Å²) < 4.78 is 1.94. The van der Waals surface area contributed by atoms with Crippen molar-refractivity contribution in [1.29, 1.82) is 0 Å². The van der Waals surface area contributed by atoms with Crippen LogP contribution in [0.1, 0.15) is 0 Å². The van der Waals surface area contributed by atoms with Crippen LogP contribution in [0, 0.1) is 0 Å². The summed E-state index contributed by atoms with van der Waals surface area (Å²) in [5, 5.41) is 8.26. The number of halogens is 1. The molecule has 0 saturated heterocycles. The van der Waals surface area contributed by atoms with Crippen molar-refractivity contribution in [3.63, 3.8) is 0 Å². The van der Waals surface area contributed by atoms with Gasteiger partial charge in [0.2, 0.25) is 0 Å². The van der Waals surface area contributed by atoms with Gasteiger partial charge in [0.25, 0.3) is 0 Å². The molecule has 1 aromatic carbocycles. The van der Waals surface area contributed by atoms with Crippen LogP contribution in [0.4, 0.5) is 5.69 Å². The molecule has 0 fully saturated rings. The van der Waals surface area contributed by atoms with E-state index in [0.717, 1.165) is 22.7 Å². The second-order valence-electron chi connectivity index (χ2n) is 3.58. The van der Waals surface area contributed by atoms with E-state index in [-0.39, 0.29) is 12.4 Å². The summed E-state index contributed by atoms with van der Waals surface area (Å²) in [5.74, 6) is 0.808. The fraction of sp³-hybridized carbons (Fsp3) is 0. The first-order chi connectivity index (χ1) is 7.84. The minimum atomic E-state index is 0. The Morgan fingerprint density at radius 2 is 1.88 bits per heavy atom. The first-order valence-electron chi connectivity index (χ1n) is 5.00. The summed E-state index contributed by atoms with van der Waals surface area (Å²) in [6.07, 6.45) is 1.94. The second-order valence-corrected chi connectivity index (χ2v) is 3.58. The fourth-order valence-electron chi connectivity index (χ4n) is 1.72. The molecule has 86 valence electrons. The molecule has 2 N–H and O–H groups in total.